The van der Waals surface area contributed by atoms with Crippen LogP contribution in [0.5, 0.6) is 0 Å². The second kappa shape index (κ2) is 31.5. The van der Waals surface area contributed by atoms with Gasteiger partial charge < -0.3 is 7.43 Å². The summed E-state index contributed by atoms with van der Waals surface area (Å²) in [7, 11) is 0. The predicted molar refractivity (Wildman–Crippen MR) is 6.41 cm³/mol. The molecule has 0 aromatic carbocycles. The molecule has 0 spiro atoms. The second-order valence-corrected chi connectivity index (χ2v) is 0. The SMILES string of the molecule is [CH3-].[Zn].[Zn].[Zn].[Zn]. The van der Waals surface area contributed by atoms with Gasteiger partial charge in [-0.15, -0.1) is 0 Å². The quantitative estimate of drug-likeness (QED) is 0.445. The molecule has 0 saturated heterocycles. The minimum atomic E-state index is 0. The van der Waals surface area contributed by atoms with Gasteiger partial charge in [0.2, 0.25) is 0 Å². The molecular formula is CH3Zn4-. The Morgan fingerprint density at radius 1 is 0.400 bits per heavy atom. The van der Waals surface area contributed by atoms with Crippen molar-refractivity contribution in [3.63, 3.8) is 0 Å². The number of hydrogen-bond donors (Lipinski definition) is 0. The van der Waals surface area contributed by atoms with E-state index in [2.05, 4.69) is 0 Å². The van der Waals surface area contributed by atoms with Crippen molar-refractivity contribution in [1.29, 1.82) is 0 Å². The molecule has 0 aromatic heterocycles. The van der Waals surface area contributed by atoms with Crippen LogP contribution in [0.3, 0.4) is 0 Å². The first-order valence-corrected chi connectivity index (χ1v) is 0. The molecule has 0 saturated carbocycles. The third-order valence-electron chi connectivity index (χ3n) is 0. The monoisotopic (exact) mass is 271 g/mol. The Bertz CT molecular complexity index is 3.61. The molecule has 0 aromatic rings. The zero-order valence-corrected chi connectivity index (χ0v) is 15.7. The van der Waals surface area contributed by atoms with E-state index in [4.69, 9.17) is 0 Å². The fourth-order valence-electron chi connectivity index (χ4n) is 0. The van der Waals surface area contributed by atoms with Gasteiger partial charge in [0, 0.05) is 77.9 Å². The smallest absolute Gasteiger partial charge is 0 e. The molecule has 0 amide bonds. The van der Waals surface area contributed by atoms with E-state index in [1.165, 1.54) is 0 Å². The third-order valence-corrected chi connectivity index (χ3v) is 0. The van der Waals surface area contributed by atoms with Gasteiger partial charge in [0.25, 0.3) is 0 Å². The van der Waals surface area contributed by atoms with Gasteiger partial charge in [0.1, 0.15) is 0 Å². The molecule has 4 heteroatoms. The standard InChI is InChI=1S/CH3.4Zn/h1H3;;;;/q-1;;;;. The fourth-order valence-corrected chi connectivity index (χ4v) is 0. The average molecular weight is 277 g/mol. The van der Waals surface area contributed by atoms with E-state index in [0.29, 0.717) is 0 Å². The molecule has 0 unspecified atom stereocenters. The van der Waals surface area contributed by atoms with E-state index in [1.54, 1.807) is 0 Å². The van der Waals surface area contributed by atoms with E-state index in [-0.39, 0.29) is 85.3 Å². The minimum absolute atomic E-state index is 0. The van der Waals surface area contributed by atoms with Crippen molar-refractivity contribution in [2.75, 3.05) is 0 Å². The Hall–Kier alpha value is 2.49. The molecule has 0 aliphatic heterocycles. The molecule has 0 nitrogen and oxygen atoms in total. The minimum Gasteiger partial charge on any atom is -0.358 e. The van der Waals surface area contributed by atoms with Crippen LogP contribution < -0.4 is 0 Å². The van der Waals surface area contributed by atoms with E-state index in [9.17, 15) is 0 Å². The van der Waals surface area contributed by atoms with Gasteiger partial charge >= 0.3 is 0 Å². The molecule has 0 bridgehead atoms. The van der Waals surface area contributed by atoms with Crippen LogP contribution in [0.25, 0.3) is 0 Å². The maximum absolute atomic E-state index is 0. The van der Waals surface area contributed by atoms with Crippen molar-refractivity contribution >= 4 is 0 Å². The van der Waals surface area contributed by atoms with Gasteiger partial charge in [0.15, 0.2) is 0 Å². The number of hydrogen-bond acceptors (Lipinski definition) is 0. The first-order chi connectivity index (χ1) is 0. The van der Waals surface area contributed by atoms with Crippen molar-refractivity contribution in [2.24, 2.45) is 0 Å². The van der Waals surface area contributed by atoms with Crippen LogP contribution in [0.15, 0.2) is 0 Å². The van der Waals surface area contributed by atoms with Crippen LogP contribution in [0.4, 0.5) is 0 Å². The molecule has 0 radical (unpaired) electrons. The Morgan fingerprint density at radius 2 is 0.400 bits per heavy atom. The first kappa shape index (κ1) is 50.8. The summed E-state index contributed by atoms with van der Waals surface area (Å²) >= 11 is 0. The molecular weight excluding hydrogens is 274 g/mol. The average Bonchev–Trinajstić information content (AvgIpc) is 0. The zero-order chi connectivity index (χ0) is 0. The Kier molecular flexibility index (Phi) is 320. The van der Waals surface area contributed by atoms with Gasteiger partial charge in [0.05, 0.1) is 0 Å². The Balaban J connectivity index is 0. The second-order valence-electron chi connectivity index (χ2n) is 0. The van der Waals surface area contributed by atoms with Crippen LogP contribution in [0.1, 0.15) is 0 Å². The Morgan fingerprint density at radius 3 is 0.400 bits per heavy atom. The van der Waals surface area contributed by atoms with Crippen LogP contribution in [-0.4, -0.2) is 0 Å². The maximum Gasteiger partial charge on any atom is 0 e. The van der Waals surface area contributed by atoms with Crippen molar-refractivity contribution in [1.82, 2.24) is 0 Å². The Labute approximate surface area is 84.3 Å². The molecule has 0 aliphatic rings. The molecule has 0 rings (SSSR count). The molecule has 5 heavy (non-hydrogen) atoms. The van der Waals surface area contributed by atoms with Crippen molar-refractivity contribution < 1.29 is 77.9 Å². The third kappa shape index (κ3) is 21.1. The molecule has 0 aliphatic carbocycles. The van der Waals surface area contributed by atoms with Crippen molar-refractivity contribution in [2.45, 2.75) is 0 Å². The zero-order valence-electron chi connectivity index (χ0n) is 3.83. The normalized spacial score (nSPS) is 0. The van der Waals surface area contributed by atoms with Gasteiger partial charge in [-0.1, -0.05) is 0 Å². The molecule has 0 fully saturated rings. The van der Waals surface area contributed by atoms with E-state index in [1.807, 2.05) is 0 Å². The fraction of sp³-hybridized carbons (Fsp3) is 0. The van der Waals surface area contributed by atoms with Gasteiger partial charge in [-0.25, -0.2) is 0 Å². The predicted octanol–water partition coefficient (Wildman–Crippen LogP) is 0.440. The summed E-state index contributed by atoms with van der Waals surface area (Å²) in [6.07, 6.45) is 0. The summed E-state index contributed by atoms with van der Waals surface area (Å²) in [6.45, 7) is 0. The van der Waals surface area contributed by atoms with Gasteiger partial charge in [-0.05, 0) is 0 Å². The molecule has 16 valence electrons. The summed E-state index contributed by atoms with van der Waals surface area (Å²) in [5.74, 6) is 0. The topological polar surface area (TPSA) is 0 Å². The van der Waals surface area contributed by atoms with Crippen LogP contribution in [-0.2, 0) is 77.9 Å². The van der Waals surface area contributed by atoms with Crippen LogP contribution >= 0.6 is 0 Å². The van der Waals surface area contributed by atoms with E-state index >= 15 is 0 Å². The largest absolute Gasteiger partial charge is 0.358 e. The summed E-state index contributed by atoms with van der Waals surface area (Å²) in [5.41, 5.74) is 0. The summed E-state index contributed by atoms with van der Waals surface area (Å²) in [6, 6.07) is 0. The molecule has 0 atom stereocenters. The van der Waals surface area contributed by atoms with Crippen molar-refractivity contribution in [3.05, 3.63) is 7.43 Å². The van der Waals surface area contributed by atoms with Crippen molar-refractivity contribution in [3.8, 4) is 0 Å². The van der Waals surface area contributed by atoms with Crippen LogP contribution in [0, 0.1) is 7.43 Å². The van der Waals surface area contributed by atoms with E-state index < -0.39 is 0 Å². The van der Waals surface area contributed by atoms with Crippen LogP contribution in [0.2, 0.25) is 0 Å². The van der Waals surface area contributed by atoms with Gasteiger partial charge in [-0.2, -0.15) is 0 Å². The van der Waals surface area contributed by atoms with E-state index in [0.717, 1.165) is 0 Å². The van der Waals surface area contributed by atoms with Gasteiger partial charge in [-0.3, -0.25) is 0 Å². The molecule has 0 N–H and O–H groups in total. The number of rotatable bonds is 0. The summed E-state index contributed by atoms with van der Waals surface area (Å²) < 4.78 is 0. The molecule has 0 heterocycles. The summed E-state index contributed by atoms with van der Waals surface area (Å²) in [5, 5.41) is 0. The maximum atomic E-state index is 0. The first-order valence-electron chi connectivity index (χ1n) is 0. The summed E-state index contributed by atoms with van der Waals surface area (Å²) in [4.78, 5) is 0.